The second-order valence-corrected chi connectivity index (χ2v) is 9.33. The van der Waals surface area contributed by atoms with Gasteiger partial charge in [0.2, 0.25) is 0 Å². The molecule has 5 rings (SSSR count). The second-order valence-electron chi connectivity index (χ2n) is 8.20. The van der Waals surface area contributed by atoms with Crippen molar-refractivity contribution in [1.29, 1.82) is 0 Å². The Morgan fingerprint density at radius 1 is 1.09 bits per heavy atom. The van der Waals surface area contributed by atoms with Crippen LogP contribution in [0.1, 0.15) is 21.7 Å². The van der Waals surface area contributed by atoms with Crippen LogP contribution in [-0.4, -0.2) is 49.5 Å². The number of rotatable bonds is 5. The highest BCUT2D eigenvalue weighted by Crippen LogP contribution is 2.35. The van der Waals surface area contributed by atoms with Gasteiger partial charge in [0.15, 0.2) is 0 Å². The fourth-order valence-corrected chi connectivity index (χ4v) is 5.42. The van der Waals surface area contributed by atoms with Gasteiger partial charge in [0.1, 0.15) is 5.65 Å². The van der Waals surface area contributed by atoms with Gasteiger partial charge in [0, 0.05) is 58.8 Å². The van der Waals surface area contributed by atoms with E-state index in [1.165, 1.54) is 20.5 Å². The van der Waals surface area contributed by atoms with Crippen LogP contribution in [0.3, 0.4) is 0 Å². The highest BCUT2D eigenvalue weighted by atomic mass is 32.1. The Balaban J connectivity index is 0.000000314. The summed E-state index contributed by atoms with van der Waals surface area (Å²) in [6, 6.07) is 14.4. The first-order valence-corrected chi connectivity index (χ1v) is 12.0. The Morgan fingerprint density at radius 3 is 2.54 bits per heavy atom. The number of hydrogen-bond acceptors (Lipinski definition) is 6. The Hall–Kier alpha value is -3.82. The molecule has 0 spiro atoms. The van der Waals surface area contributed by atoms with E-state index in [2.05, 4.69) is 34.1 Å². The van der Waals surface area contributed by atoms with Crippen molar-refractivity contribution >= 4 is 39.0 Å². The Morgan fingerprint density at radius 2 is 1.80 bits per heavy atom. The molecule has 1 aliphatic rings. The maximum Gasteiger partial charge on any atom is 0.328 e. The lowest BCUT2D eigenvalue weighted by molar-refractivity contribution is -0.134. The number of aromatic nitrogens is 2. The SMILES string of the molecule is Cc1nc2ccccn2c(=O)c1CCN1CCc2sc3ccccc3c2C1.O=C(O)/C=C/C(=O)O. The summed E-state index contributed by atoms with van der Waals surface area (Å²) in [6.45, 7) is 4.87. The minimum absolute atomic E-state index is 0.0665. The average Bonchev–Trinajstić information content (AvgIpc) is 3.21. The smallest absolute Gasteiger partial charge is 0.328 e. The van der Waals surface area contributed by atoms with E-state index < -0.39 is 11.9 Å². The molecule has 9 heteroatoms. The number of carboxylic acids is 2. The van der Waals surface area contributed by atoms with Crippen molar-refractivity contribution in [2.24, 2.45) is 0 Å². The number of aliphatic carboxylic acids is 2. The van der Waals surface area contributed by atoms with Crippen molar-refractivity contribution in [3.63, 3.8) is 0 Å². The molecular weight excluding hydrogens is 466 g/mol. The van der Waals surface area contributed by atoms with Gasteiger partial charge in [-0.3, -0.25) is 14.1 Å². The number of thiophene rings is 1. The standard InChI is InChI=1S/C22H21N3OS.C4H4O4/c1-15-16(22(26)25-11-5-4-8-21(25)23-15)9-12-24-13-10-20-18(14-24)17-6-2-3-7-19(17)27-20;5-3(6)1-2-4(7)8/h2-8,11H,9-10,12-14H2,1H3;1-2H,(H,5,6)(H,7,8)/b;2-1+. The van der Waals surface area contributed by atoms with Crippen LogP contribution < -0.4 is 5.56 Å². The summed E-state index contributed by atoms with van der Waals surface area (Å²) in [5.74, 6) is -2.51. The highest BCUT2D eigenvalue weighted by molar-refractivity contribution is 7.19. The number of aryl methyl sites for hydroxylation is 1. The first-order chi connectivity index (χ1) is 16.8. The maximum atomic E-state index is 12.9. The lowest BCUT2D eigenvalue weighted by Gasteiger charge is -2.27. The van der Waals surface area contributed by atoms with Crippen molar-refractivity contribution < 1.29 is 19.8 Å². The monoisotopic (exact) mass is 491 g/mol. The zero-order chi connectivity index (χ0) is 24.9. The molecule has 3 aromatic heterocycles. The van der Waals surface area contributed by atoms with Crippen LogP contribution in [0.25, 0.3) is 15.7 Å². The molecule has 0 bridgehead atoms. The molecule has 8 nitrogen and oxygen atoms in total. The van der Waals surface area contributed by atoms with E-state index >= 15 is 0 Å². The van der Waals surface area contributed by atoms with Crippen LogP contribution in [0.2, 0.25) is 0 Å². The number of nitrogens with zero attached hydrogens (tertiary/aromatic N) is 3. The minimum Gasteiger partial charge on any atom is -0.478 e. The Kier molecular flexibility index (Phi) is 7.38. The van der Waals surface area contributed by atoms with Crippen molar-refractivity contribution in [2.45, 2.75) is 26.3 Å². The average molecular weight is 492 g/mol. The van der Waals surface area contributed by atoms with Crippen LogP contribution in [0.15, 0.2) is 65.6 Å². The van der Waals surface area contributed by atoms with Gasteiger partial charge in [0.25, 0.3) is 5.56 Å². The molecule has 0 amide bonds. The highest BCUT2D eigenvalue weighted by Gasteiger charge is 2.21. The van der Waals surface area contributed by atoms with Gasteiger partial charge in [-0.1, -0.05) is 24.3 Å². The van der Waals surface area contributed by atoms with Gasteiger partial charge in [0.05, 0.1) is 0 Å². The minimum atomic E-state index is -1.26. The summed E-state index contributed by atoms with van der Waals surface area (Å²) in [6.07, 6.45) is 4.76. The third-order valence-electron chi connectivity index (χ3n) is 5.90. The molecule has 0 atom stereocenters. The van der Waals surface area contributed by atoms with Crippen molar-refractivity contribution in [3.8, 4) is 0 Å². The van der Waals surface area contributed by atoms with Gasteiger partial charge in [-0.05, 0) is 48.9 Å². The van der Waals surface area contributed by atoms with Gasteiger partial charge in [-0.15, -0.1) is 11.3 Å². The molecule has 0 saturated heterocycles. The van der Waals surface area contributed by atoms with E-state index in [-0.39, 0.29) is 5.56 Å². The molecule has 0 saturated carbocycles. The largest absolute Gasteiger partial charge is 0.478 e. The first-order valence-electron chi connectivity index (χ1n) is 11.2. The van der Waals surface area contributed by atoms with Crippen LogP contribution in [0.4, 0.5) is 0 Å². The van der Waals surface area contributed by atoms with Crippen molar-refractivity contribution in [3.05, 3.63) is 92.9 Å². The zero-order valence-electron chi connectivity index (χ0n) is 19.2. The summed E-state index contributed by atoms with van der Waals surface area (Å²) in [7, 11) is 0. The Labute approximate surface area is 205 Å². The summed E-state index contributed by atoms with van der Waals surface area (Å²) in [4.78, 5) is 40.6. The molecule has 0 fully saturated rings. The number of hydrogen-bond donors (Lipinski definition) is 2. The predicted molar refractivity (Wildman–Crippen MR) is 135 cm³/mol. The molecule has 0 unspecified atom stereocenters. The van der Waals surface area contributed by atoms with Crippen molar-refractivity contribution in [2.75, 3.05) is 13.1 Å². The fourth-order valence-electron chi connectivity index (χ4n) is 4.21. The molecule has 180 valence electrons. The lowest BCUT2D eigenvalue weighted by Crippen LogP contribution is -2.33. The van der Waals surface area contributed by atoms with Crippen LogP contribution in [-0.2, 0) is 29.0 Å². The third-order valence-corrected chi connectivity index (χ3v) is 7.17. The van der Waals surface area contributed by atoms with E-state index in [9.17, 15) is 14.4 Å². The molecule has 1 aliphatic heterocycles. The maximum absolute atomic E-state index is 12.9. The predicted octanol–water partition coefficient (Wildman–Crippen LogP) is 3.53. The first kappa shape index (κ1) is 24.3. The van der Waals surface area contributed by atoms with Gasteiger partial charge in [-0.25, -0.2) is 14.6 Å². The molecule has 0 aliphatic carbocycles. The Bertz CT molecular complexity index is 1470. The fraction of sp³-hybridized carbons (Fsp3) is 0.231. The van der Waals surface area contributed by atoms with Gasteiger partial charge < -0.3 is 10.2 Å². The van der Waals surface area contributed by atoms with E-state index in [0.29, 0.717) is 12.2 Å². The number of benzene rings is 1. The number of pyridine rings is 1. The quantitative estimate of drug-likeness (QED) is 0.411. The second kappa shape index (κ2) is 10.6. The van der Waals surface area contributed by atoms with E-state index in [1.807, 2.05) is 36.5 Å². The molecule has 2 N–H and O–H groups in total. The number of carboxylic acid groups (broad SMARTS) is 2. The van der Waals surface area contributed by atoms with E-state index in [4.69, 9.17) is 10.2 Å². The normalized spacial score (nSPS) is 13.5. The molecule has 0 radical (unpaired) electrons. The summed E-state index contributed by atoms with van der Waals surface area (Å²) in [5, 5.41) is 17.0. The third kappa shape index (κ3) is 5.64. The number of carbonyl (C=O) groups is 2. The lowest BCUT2D eigenvalue weighted by atomic mass is 10.0. The van der Waals surface area contributed by atoms with Crippen LogP contribution >= 0.6 is 11.3 Å². The van der Waals surface area contributed by atoms with Gasteiger partial charge >= 0.3 is 11.9 Å². The van der Waals surface area contributed by atoms with Crippen LogP contribution in [0, 0.1) is 6.92 Å². The molecule has 4 heterocycles. The summed E-state index contributed by atoms with van der Waals surface area (Å²) >= 11 is 1.93. The molecule has 4 aromatic rings. The summed E-state index contributed by atoms with van der Waals surface area (Å²) < 4.78 is 3.04. The van der Waals surface area contributed by atoms with Crippen LogP contribution in [0.5, 0.6) is 0 Å². The number of fused-ring (bicyclic) bond motifs is 4. The van der Waals surface area contributed by atoms with E-state index in [0.717, 1.165) is 49.4 Å². The zero-order valence-corrected chi connectivity index (χ0v) is 20.0. The molecule has 35 heavy (non-hydrogen) atoms. The van der Waals surface area contributed by atoms with E-state index in [1.54, 1.807) is 10.6 Å². The summed E-state index contributed by atoms with van der Waals surface area (Å²) in [5.41, 5.74) is 3.95. The topological polar surface area (TPSA) is 112 Å². The van der Waals surface area contributed by atoms with Crippen molar-refractivity contribution in [1.82, 2.24) is 14.3 Å². The van der Waals surface area contributed by atoms with Gasteiger partial charge in [-0.2, -0.15) is 0 Å². The molecule has 1 aromatic carbocycles. The molecular formula is C26H25N3O5S.